The van der Waals surface area contributed by atoms with Crippen LogP contribution in [-0.2, 0) is 11.3 Å². The fourth-order valence-electron chi connectivity index (χ4n) is 2.53. The summed E-state index contributed by atoms with van der Waals surface area (Å²) in [6, 6.07) is 15.6. The van der Waals surface area contributed by atoms with Crippen LogP contribution < -0.4 is 4.74 Å². The van der Waals surface area contributed by atoms with E-state index < -0.39 is 5.97 Å². The molecule has 0 atom stereocenters. The van der Waals surface area contributed by atoms with Crippen LogP contribution in [0.15, 0.2) is 53.0 Å². The molecule has 0 radical (unpaired) electrons. The highest BCUT2D eigenvalue weighted by atomic mass is 79.9. The molecule has 0 aliphatic rings. The van der Waals surface area contributed by atoms with Crippen molar-refractivity contribution in [1.82, 2.24) is 4.98 Å². The van der Waals surface area contributed by atoms with Crippen LogP contribution in [0.25, 0.3) is 10.8 Å². The van der Waals surface area contributed by atoms with Crippen LogP contribution in [0.1, 0.15) is 21.7 Å². The molecular weight excluding hydrogens is 370 g/mol. The van der Waals surface area contributed by atoms with Crippen molar-refractivity contribution >= 4 is 32.7 Å². The van der Waals surface area contributed by atoms with Crippen LogP contribution in [0.3, 0.4) is 0 Å². The molecule has 0 N–H and O–H groups in total. The fraction of sp³-hybridized carbons (Fsp3) is 0.158. The lowest BCUT2D eigenvalue weighted by molar-refractivity contribution is 0.0588. The van der Waals surface area contributed by atoms with Crippen molar-refractivity contribution in [3.05, 3.63) is 70.0 Å². The van der Waals surface area contributed by atoms with Gasteiger partial charge in [0, 0.05) is 20.9 Å². The number of hydrogen-bond acceptors (Lipinski definition) is 4. The number of aromatic nitrogens is 1. The lowest BCUT2D eigenvalue weighted by atomic mass is 10.1. The van der Waals surface area contributed by atoms with Crippen molar-refractivity contribution < 1.29 is 14.3 Å². The van der Waals surface area contributed by atoms with E-state index in [1.165, 1.54) is 7.11 Å². The Morgan fingerprint density at radius 2 is 1.88 bits per heavy atom. The number of nitrogens with zero attached hydrogens (tertiary/aromatic N) is 1. The standard InChI is InChI=1S/C19H16BrNO3/c1-12-16-10-14(20)8-9-15(16)18(17(21-12)19(22)23-2)24-11-13-6-4-3-5-7-13/h3-10H,11H2,1-2H3. The Hall–Kier alpha value is -2.40. The molecule has 4 nitrogen and oxygen atoms in total. The van der Waals surface area contributed by atoms with Gasteiger partial charge in [0.25, 0.3) is 0 Å². The predicted molar refractivity (Wildman–Crippen MR) is 96.3 cm³/mol. The number of esters is 1. The third-order valence-electron chi connectivity index (χ3n) is 3.72. The first-order valence-corrected chi connectivity index (χ1v) is 8.24. The zero-order valence-corrected chi connectivity index (χ0v) is 15.0. The SMILES string of the molecule is COC(=O)c1nc(C)c2cc(Br)ccc2c1OCc1ccccc1. The zero-order chi connectivity index (χ0) is 17.1. The number of methoxy groups -OCH3 is 1. The van der Waals surface area contributed by atoms with Gasteiger partial charge in [-0.15, -0.1) is 0 Å². The molecule has 0 unspecified atom stereocenters. The third-order valence-corrected chi connectivity index (χ3v) is 4.21. The minimum Gasteiger partial charge on any atom is -0.486 e. The molecule has 5 heteroatoms. The first-order valence-electron chi connectivity index (χ1n) is 7.45. The molecule has 1 aromatic heterocycles. The molecule has 3 rings (SSSR count). The summed E-state index contributed by atoms with van der Waals surface area (Å²) in [4.78, 5) is 16.5. The summed E-state index contributed by atoms with van der Waals surface area (Å²) in [5.74, 6) is -0.0650. The Bertz CT molecular complexity index is 894. The average molecular weight is 386 g/mol. The number of halogens is 1. The van der Waals surface area contributed by atoms with Crippen molar-refractivity contribution in [2.45, 2.75) is 13.5 Å². The molecule has 3 aromatic rings. The summed E-state index contributed by atoms with van der Waals surface area (Å²) < 4.78 is 11.8. The lowest BCUT2D eigenvalue weighted by Crippen LogP contribution is -2.10. The number of carbonyl (C=O) groups is 1. The molecule has 0 bridgehead atoms. The molecule has 0 aliphatic heterocycles. The largest absolute Gasteiger partial charge is 0.486 e. The quantitative estimate of drug-likeness (QED) is 0.612. The average Bonchev–Trinajstić information content (AvgIpc) is 2.61. The second-order valence-electron chi connectivity index (χ2n) is 5.33. The summed E-state index contributed by atoms with van der Waals surface area (Å²) in [6.07, 6.45) is 0. The van der Waals surface area contributed by atoms with Gasteiger partial charge in [0.1, 0.15) is 6.61 Å². The molecule has 0 fully saturated rings. The van der Waals surface area contributed by atoms with Gasteiger partial charge in [-0.1, -0.05) is 46.3 Å². The van der Waals surface area contributed by atoms with Gasteiger partial charge in [-0.25, -0.2) is 9.78 Å². The molecule has 0 aliphatic carbocycles. The number of aryl methyl sites for hydroxylation is 1. The number of rotatable bonds is 4. The van der Waals surface area contributed by atoms with Gasteiger partial charge in [-0.3, -0.25) is 0 Å². The van der Waals surface area contributed by atoms with Gasteiger partial charge < -0.3 is 9.47 Å². The van der Waals surface area contributed by atoms with E-state index in [0.717, 1.165) is 26.5 Å². The minimum absolute atomic E-state index is 0.195. The zero-order valence-electron chi connectivity index (χ0n) is 13.4. The number of hydrogen-bond donors (Lipinski definition) is 0. The monoisotopic (exact) mass is 385 g/mol. The molecule has 0 spiro atoms. The highest BCUT2D eigenvalue weighted by molar-refractivity contribution is 9.10. The summed E-state index contributed by atoms with van der Waals surface area (Å²) >= 11 is 3.47. The number of benzene rings is 2. The number of carbonyl (C=O) groups excluding carboxylic acids is 1. The van der Waals surface area contributed by atoms with Crippen LogP contribution in [-0.4, -0.2) is 18.1 Å². The van der Waals surface area contributed by atoms with Crippen LogP contribution >= 0.6 is 15.9 Å². The normalized spacial score (nSPS) is 10.6. The maximum absolute atomic E-state index is 12.1. The van der Waals surface area contributed by atoms with Crippen LogP contribution in [0.2, 0.25) is 0 Å². The summed E-state index contributed by atoms with van der Waals surface area (Å²) in [5.41, 5.74) is 1.96. The van der Waals surface area contributed by atoms with E-state index in [2.05, 4.69) is 20.9 Å². The summed E-state index contributed by atoms with van der Waals surface area (Å²) in [5, 5.41) is 1.77. The van der Waals surface area contributed by atoms with E-state index in [1.807, 2.05) is 55.5 Å². The summed E-state index contributed by atoms with van der Waals surface area (Å²) in [6.45, 7) is 2.21. The predicted octanol–water partition coefficient (Wildman–Crippen LogP) is 4.67. The lowest BCUT2D eigenvalue weighted by Gasteiger charge is -2.14. The third kappa shape index (κ3) is 3.26. The van der Waals surface area contributed by atoms with Gasteiger partial charge in [-0.2, -0.15) is 0 Å². The van der Waals surface area contributed by atoms with E-state index in [4.69, 9.17) is 9.47 Å². The second-order valence-corrected chi connectivity index (χ2v) is 6.25. The van der Waals surface area contributed by atoms with E-state index in [0.29, 0.717) is 12.4 Å². The smallest absolute Gasteiger partial charge is 0.360 e. The van der Waals surface area contributed by atoms with E-state index in [1.54, 1.807) is 0 Å². The van der Waals surface area contributed by atoms with E-state index in [9.17, 15) is 4.79 Å². The second kappa shape index (κ2) is 7.01. The molecule has 122 valence electrons. The van der Waals surface area contributed by atoms with Gasteiger partial charge in [0.2, 0.25) is 0 Å². The van der Waals surface area contributed by atoms with E-state index in [-0.39, 0.29) is 5.69 Å². The van der Waals surface area contributed by atoms with Crippen LogP contribution in [0, 0.1) is 6.92 Å². The Balaban J connectivity index is 2.11. The Morgan fingerprint density at radius 1 is 1.12 bits per heavy atom. The van der Waals surface area contributed by atoms with Crippen LogP contribution in [0.5, 0.6) is 5.75 Å². The van der Waals surface area contributed by atoms with Crippen molar-refractivity contribution in [1.29, 1.82) is 0 Å². The molecular formula is C19H16BrNO3. The maximum atomic E-state index is 12.1. The number of fused-ring (bicyclic) bond motifs is 1. The van der Waals surface area contributed by atoms with E-state index >= 15 is 0 Å². The first-order chi connectivity index (χ1) is 11.6. The topological polar surface area (TPSA) is 48.4 Å². The fourth-order valence-corrected chi connectivity index (χ4v) is 2.89. The van der Waals surface area contributed by atoms with Crippen molar-refractivity contribution in [2.24, 2.45) is 0 Å². The van der Waals surface area contributed by atoms with Crippen molar-refractivity contribution in [3.63, 3.8) is 0 Å². The minimum atomic E-state index is -0.508. The Labute approximate surface area is 148 Å². The molecule has 0 saturated carbocycles. The molecule has 0 saturated heterocycles. The van der Waals surface area contributed by atoms with Gasteiger partial charge in [0.05, 0.1) is 7.11 Å². The molecule has 0 amide bonds. The Morgan fingerprint density at radius 3 is 2.58 bits per heavy atom. The van der Waals surface area contributed by atoms with Gasteiger partial charge in [0.15, 0.2) is 11.4 Å². The number of pyridine rings is 1. The maximum Gasteiger partial charge on any atom is 0.360 e. The van der Waals surface area contributed by atoms with Crippen molar-refractivity contribution in [2.75, 3.05) is 7.11 Å². The molecule has 2 aromatic carbocycles. The van der Waals surface area contributed by atoms with Crippen molar-refractivity contribution in [3.8, 4) is 5.75 Å². The molecule has 24 heavy (non-hydrogen) atoms. The highest BCUT2D eigenvalue weighted by Gasteiger charge is 2.20. The summed E-state index contributed by atoms with van der Waals surface area (Å²) in [7, 11) is 1.34. The van der Waals surface area contributed by atoms with Gasteiger partial charge in [-0.05, 0) is 30.7 Å². The molecule has 1 heterocycles. The van der Waals surface area contributed by atoms with Crippen LogP contribution in [0.4, 0.5) is 0 Å². The Kier molecular flexibility index (Phi) is 4.81. The number of ether oxygens (including phenoxy) is 2. The first kappa shape index (κ1) is 16.5. The van der Waals surface area contributed by atoms with Gasteiger partial charge >= 0.3 is 5.97 Å². The highest BCUT2D eigenvalue weighted by Crippen LogP contribution is 2.33.